The summed E-state index contributed by atoms with van der Waals surface area (Å²) in [4.78, 5) is 74.9. The van der Waals surface area contributed by atoms with E-state index in [1.54, 1.807) is 13.8 Å². The predicted molar refractivity (Wildman–Crippen MR) is 162 cm³/mol. The number of aliphatic carboxylic acids is 1. The third kappa shape index (κ3) is 15.9. The van der Waals surface area contributed by atoms with Crippen LogP contribution in [0.25, 0.3) is 0 Å². The number of hydrogen-bond donors (Lipinski definition) is 8. The second kappa shape index (κ2) is 20.9. The number of carbonyl (C=O) groups is 6. The van der Waals surface area contributed by atoms with Crippen molar-refractivity contribution in [1.82, 2.24) is 26.6 Å². The van der Waals surface area contributed by atoms with E-state index in [1.165, 1.54) is 18.7 Å². The Labute approximate surface area is 253 Å². The van der Waals surface area contributed by atoms with Crippen LogP contribution in [0, 0.1) is 11.8 Å². The zero-order chi connectivity index (χ0) is 32.4. The molecular weight excluding hydrogens is 566 g/mol. The van der Waals surface area contributed by atoms with Gasteiger partial charge >= 0.3 is 5.97 Å². The molecule has 0 saturated carbocycles. The monoisotopic (exact) mass is 617 g/mol. The fraction of sp³-hybridized carbons (Fsp3) is 0.778. The predicted octanol–water partition coefficient (Wildman–Crippen LogP) is -0.942. The van der Waals surface area contributed by atoms with Crippen LogP contribution in [0.2, 0.25) is 0 Å². The maximum atomic E-state index is 13.2. The molecule has 0 rings (SSSR count). The quantitative estimate of drug-likeness (QED) is 0.0736. The van der Waals surface area contributed by atoms with Crippen LogP contribution >= 0.6 is 11.8 Å². The average molecular weight is 618 g/mol. The third-order valence-electron chi connectivity index (χ3n) is 6.31. The fourth-order valence-electron chi connectivity index (χ4n) is 3.84. The molecule has 0 aliphatic rings. The maximum absolute atomic E-state index is 13.2. The van der Waals surface area contributed by atoms with Crippen LogP contribution in [0.15, 0.2) is 0 Å². The molecule has 242 valence electrons. The van der Waals surface area contributed by atoms with E-state index in [9.17, 15) is 33.9 Å². The van der Waals surface area contributed by atoms with Crippen LogP contribution < -0.4 is 38.1 Å². The Kier molecular flexibility index (Phi) is 19.4. The summed E-state index contributed by atoms with van der Waals surface area (Å²) in [6.07, 6.45) is 4.14. The fourth-order valence-corrected chi connectivity index (χ4v) is 4.31. The average Bonchev–Trinajstić information content (AvgIpc) is 2.91. The zero-order valence-corrected chi connectivity index (χ0v) is 26.5. The highest BCUT2D eigenvalue weighted by Crippen LogP contribution is 2.09. The number of nitrogens with one attached hydrogen (secondary N) is 5. The van der Waals surface area contributed by atoms with Gasteiger partial charge in [-0.3, -0.25) is 24.0 Å². The number of unbranched alkanes of at least 4 members (excludes halogenated alkanes) is 1. The molecule has 0 aromatic heterocycles. The van der Waals surface area contributed by atoms with E-state index in [0.717, 1.165) is 6.42 Å². The van der Waals surface area contributed by atoms with E-state index in [0.29, 0.717) is 25.1 Å². The molecule has 0 bridgehead atoms. The van der Waals surface area contributed by atoms with E-state index in [-0.39, 0.29) is 24.7 Å². The lowest BCUT2D eigenvalue weighted by atomic mass is 9.99. The largest absolute Gasteiger partial charge is 0.480 e. The smallest absolute Gasteiger partial charge is 0.326 e. The molecule has 15 heteroatoms. The number of thioether (sulfide) groups is 1. The van der Waals surface area contributed by atoms with Gasteiger partial charge in [-0.05, 0) is 63.0 Å². The highest BCUT2D eigenvalue weighted by atomic mass is 32.2. The van der Waals surface area contributed by atoms with Crippen molar-refractivity contribution in [3.05, 3.63) is 0 Å². The molecule has 10 N–H and O–H groups in total. The van der Waals surface area contributed by atoms with Crippen LogP contribution in [0.3, 0.4) is 0 Å². The first kappa shape index (κ1) is 39.1. The van der Waals surface area contributed by atoms with Crippen molar-refractivity contribution in [2.75, 3.05) is 25.1 Å². The first-order valence-corrected chi connectivity index (χ1v) is 15.7. The van der Waals surface area contributed by atoms with Gasteiger partial charge in [0, 0.05) is 0 Å². The maximum Gasteiger partial charge on any atom is 0.326 e. The Morgan fingerprint density at radius 2 is 1.43 bits per heavy atom. The SMILES string of the molecule is CSCC[C@H](NC(=O)CNC(=O)[C@H](C)NC(=O)[C@H](CC(C)C)NC(=O)[C@@H](NC(=O)[C@@H](N)CCCCN)C(C)C)C(=O)O. The molecule has 0 saturated heterocycles. The molecular formula is C27H51N7O7S. The first-order chi connectivity index (χ1) is 19.6. The van der Waals surface area contributed by atoms with Gasteiger partial charge in [0.1, 0.15) is 24.2 Å². The van der Waals surface area contributed by atoms with Gasteiger partial charge in [-0.2, -0.15) is 11.8 Å². The van der Waals surface area contributed by atoms with E-state index in [2.05, 4.69) is 26.6 Å². The van der Waals surface area contributed by atoms with Gasteiger partial charge in [-0.25, -0.2) is 4.79 Å². The van der Waals surface area contributed by atoms with Crippen molar-refractivity contribution in [3.63, 3.8) is 0 Å². The van der Waals surface area contributed by atoms with Gasteiger partial charge < -0.3 is 43.2 Å². The van der Waals surface area contributed by atoms with Crippen molar-refractivity contribution >= 4 is 47.3 Å². The summed E-state index contributed by atoms with van der Waals surface area (Å²) in [5.74, 6) is -3.92. The number of carbonyl (C=O) groups excluding carboxylic acids is 5. The van der Waals surface area contributed by atoms with Crippen LogP contribution in [0.4, 0.5) is 0 Å². The van der Waals surface area contributed by atoms with Crippen molar-refractivity contribution < 1.29 is 33.9 Å². The number of carboxylic acid groups (broad SMARTS) is 1. The standard InChI is InChI=1S/C27H51N7O7S/c1-15(2)13-20(33-26(39)22(16(3)4)34-24(37)18(29)9-7-8-11-28)25(38)31-17(5)23(36)30-14-21(35)32-19(27(40)41)10-12-42-6/h15-20,22H,7-14,28-29H2,1-6H3,(H,30,36)(H,31,38)(H,32,35)(H,33,39)(H,34,37)(H,40,41)/t17-,18-,19-,20-,22-/m0/s1. The molecule has 0 aliphatic heterocycles. The van der Waals surface area contributed by atoms with Crippen molar-refractivity contribution in [2.24, 2.45) is 23.3 Å². The Morgan fingerprint density at radius 1 is 0.786 bits per heavy atom. The molecule has 0 aromatic rings. The molecule has 0 aliphatic carbocycles. The Hall–Kier alpha value is -2.91. The summed E-state index contributed by atoms with van der Waals surface area (Å²) in [7, 11) is 0. The second-order valence-corrected chi connectivity index (χ2v) is 12.0. The summed E-state index contributed by atoms with van der Waals surface area (Å²) < 4.78 is 0. The van der Waals surface area contributed by atoms with Crippen LogP contribution in [-0.4, -0.2) is 95.9 Å². The van der Waals surface area contributed by atoms with Crippen LogP contribution in [0.5, 0.6) is 0 Å². The molecule has 0 spiro atoms. The number of rotatable bonds is 21. The van der Waals surface area contributed by atoms with Crippen molar-refractivity contribution in [1.29, 1.82) is 0 Å². The Bertz CT molecular complexity index is 904. The minimum absolute atomic E-state index is 0.00484. The van der Waals surface area contributed by atoms with Crippen LogP contribution in [0.1, 0.15) is 66.7 Å². The van der Waals surface area contributed by atoms with Crippen molar-refractivity contribution in [3.8, 4) is 0 Å². The summed E-state index contributed by atoms with van der Waals surface area (Å²) >= 11 is 1.44. The molecule has 5 amide bonds. The van der Waals surface area contributed by atoms with E-state index >= 15 is 0 Å². The topological polar surface area (TPSA) is 235 Å². The van der Waals surface area contributed by atoms with Gasteiger partial charge in [-0.15, -0.1) is 0 Å². The van der Waals surface area contributed by atoms with Crippen molar-refractivity contribution in [2.45, 2.75) is 96.9 Å². The lowest BCUT2D eigenvalue weighted by Crippen LogP contribution is -2.59. The number of amides is 5. The van der Waals surface area contributed by atoms with Gasteiger partial charge in [0.15, 0.2) is 0 Å². The summed E-state index contributed by atoms with van der Waals surface area (Å²) in [6, 6.07) is -4.88. The highest BCUT2D eigenvalue weighted by molar-refractivity contribution is 7.98. The molecule has 14 nitrogen and oxygen atoms in total. The lowest BCUT2D eigenvalue weighted by Gasteiger charge is -2.27. The normalized spacial score (nSPS) is 14.7. The first-order valence-electron chi connectivity index (χ1n) is 14.3. The Balaban J connectivity index is 5.20. The minimum Gasteiger partial charge on any atom is -0.480 e. The minimum atomic E-state index is -1.17. The highest BCUT2D eigenvalue weighted by Gasteiger charge is 2.31. The van der Waals surface area contributed by atoms with Gasteiger partial charge in [0.25, 0.3) is 0 Å². The zero-order valence-electron chi connectivity index (χ0n) is 25.7. The summed E-state index contributed by atoms with van der Waals surface area (Å²) in [6.45, 7) is 8.68. The number of nitrogens with two attached hydrogens (primary N) is 2. The van der Waals surface area contributed by atoms with Crippen LogP contribution in [-0.2, 0) is 28.8 Å². The molecule has 0 heterocycles. The summed E-state index contributed by atoms with van der Waals surface area (Å²) in [5.41, 5.74) is 11.4. The third-order valence-corrected chi connectivity index (χ3v) is 6.96. The van der Waals surface area contributed by atoms with E-state index in [4.69, 9.17) is 11.5 Å². The molecule has 42 heavy (non-hydrogen) atoms. The Morgan fingerprint density at radius 3 is 1.95 bits per heavy atom. The van der Waals surface area contributed by atoms with E-state index in [1.807, 2.05) is 20.1 Å². The molecule has 0 radical (unpaired) electrons. The molecule has 5 atom stereocenters. The molecule has 0 fully saturated rings. The number of hydrogen-bond acceptors (Lipinski definition) is 9. The molecule has 0 aromatic carbocycles. The van der Waals surface area contributed by atoms with Gasteiger partial charge in [0.05, 0.1) is 12.6 Å². The summed E-state index contributed by atoms with van der Waals surface area (Å²) in [5, 5.41) is 21.9. The van der Waals surface area contributed by atoms with Gasteiger partial charge in [-0.1, -0.05) is 34.1 Å². The van der Waals surface area contributed by atoms with Gasteiger partial charge in [0.2, 0.25) is 29.5 Å². The number of carboxylic acids is 1. The second-order valence-electron chi connectivity index (χ2n) is 11.0. The lowest BCUT2D eigenvalue weighted by molar-refractivity contribution is -0.141. The van der Waals surface area contributed by atoms with E-state index < -0.39 is 72.3 Å². The molecule has 0 unspecified atom stereocenters.